The minimum atomic E-state index is -1.55. The molecule has 0 aromatic heterocycles. The van der Waals surface area contributed by atoms with E-state index in [0.717, 1.165) is 0 Å². The summed E-state index contributed by atoms with van der Waals surface area (Å²) < 4.78 is 0. The van der Waals surface area contributed by atoms with E-state index in [-0.39, 0.29) is 12.3 Å². The summed E-state index contributed by atoms with van der Waals surface area (Å²) in [6.45, 7) is 3.63. The molecular weight excluding hydrogens is 236 g/mol. The molecule has 0 bridgehead atoms. The predicted molar refractivity (Wildman–Crippen MR) is 67.7 cm³/mol. The minimum absolute atomic E-state index is 0. The Morgan fingerprint density at radius 3 is 1.56 bits per heavy atom. The van der Waals surface area contributed by atoms with Crippen LogP contribution in [0.1, 0.15) is 5.56 Å². The fourth-order valence-corrected chi connectivity index (χ4v) is 0.725. The van der Waals surface area contributed by atoms with Crippen LogP contribution in [-0.4, -0.2) is 11.9 Å². The van der Waals surface area contributed by atoms with E-state index in [1.165, 1.54) is 5.56 Å². The molecule has 0 heterocycles. The maximum absolute atomic E-state index is 9.41. The van der Waals surface area contributed by atoms with E-state index in [1.54, 1.807) is 0 Å². The summed E-state index contributed by atoms with van der Waals surface area (Å²) in [5.41, 5.74) is 1.17. The largest absolute Gasteiger partial charge is 0.545 e. The number of carbonyl (C=O) groups excluding carboxylic acids is 2. The third-order valence-electron chi connectivity index (χ3n) is 1.39. The molecule has 1 aromatic carbocycles. The standard InChI is InChI=1S/C8H8.C4H4O4.2H3N/c1-2-8-6-4-3-5-7-8;5-3(6)1-2-4(7)8;;/h2-7H,1H2;1-2H,(H,5,6)(H,7,8);2*1H3/b;2-1-;;. The summed E-state index contributed by atoms with van der Waals surface area (Å²) in [5, 5.41) is 18.8. The van der Waals surface area contributed by atoms with Crippen LogP contribution >= 0.6 is 0 Å². The molecule has 0 amide bonds. The summed E-state index contributed by atoms with van der Waals surface area (Å²) in [5.74, 6) is -3.09. The first kappa shape index (κ1) is 20.9. The molecule has 1 rings (SSSR count). The summed E-state index contributed by atoms with van der Waals surface area (Å²) in [4.78, 5) is 18.8. The van der Waals surface area contributed by atoms with Crippen LogP contribution in [-0.2, 0) is 9.59 Å². The van der Waals surface area contributed by atoms with Gasteiger partial charge in [0.2, 0.25) is 0 Å². The molecule has 0 spiro atoms. The van der Waals surface area contributed by atoms with Crippen molar-refractivity contribution in [3.8, 4) is 0 Å². The Hall–Kier alpha value is -2.44. The van der Waals surface area contributed by atoms with Crippen molar-refractivity contribution < 1.29 is 19.8 Å². The Bertz CT molecular complexity index is 372. The highest BCUT2D eigenvalue weighted by Gasteiger charge is 1.75. The Balaban J connectivity index is -0.000000225. The van der Waals surface area contributed by atoms with Crippen LogP contribution in [0, 0.1) is 0 Å². The topological polar surface area (TPSA) is 153 Å². The van der Waals surface area contributed by atoms with Gasteiger partial charge in [0.1, 0.15) is 0 Å². The number of aliphatic carboxylic acids is 2. The molecule has 0 saturated heterocycles. The van der Waals surface area contributed by atoms with Crippen LogP contribution in [0.2, 0.25) is 0 Å². The summed E-state index contributed by atoms with van der Waals surface area (Å²) >= 11 is 0. The van der Waals surface area contributed by atoms with E-state index in [0.29, 0.717) is 12.2 Å². The second-order valence-corrected chi connectivity index (χ2v) is 2.59. The molecule has 0 unspecified atom stereocenters. The second kappa shape index (κ2) is 12.6. The van der Waals surface area contributed by atoms with Gasteiger partial charge in [0, 0.05) is 0 Å². The lowest BCUT2D eigenvalue weighted by Crippen LogP contribution is -2.23. The van der Waals surface area contributed by atoms with Crippen LogP contribution in [0.4, 0.5) is 0 Å². The average molecular weight is 254 g/mol. The molecule has 0 fully saturated rings. The molecule has 1 aromatic rings. The first-order valence-corrected chi connectivity index (χ1v) is 4.33. The predicted octanol–water partition coefficient (Wildman–Crippen LogP) is 0.124. The molecule has 0 atom stereocenters. The highest BCUT2D eigenvalue weighted by Crippen LogP contribution is 1.97. The highest BCUT2D eigenvalue weighted by molar-refractivity contribution is 5.87. The zero-order chi connectivity index (χ0) is 12.4. The van der Waals surface area contributed by atoms with Crippen molar-refractivity contribution in [2.45, 2.75) is 0 Å². The van der Waals surface area contributed by atoms with Crippen LogP contribution < -0.4 is 22.5 Å². The number of hydrogen-bond acceptors (Lipinski definition) is 4. The van der Waals surface area contributed by atoms with Gasteiger partial charge in [0.15, 0.2) is 0 Å². The maximum Gasteiger partial charge on any atom is 0.0643 e. The monoisotopic (exact) mass is 254 g/mol. The molecule has 6 heteroatoms. The van der Waals surface area contributed by atoms with Gasteiger partial charge in [-0.1, -0.05) is 43.0 Å². The molecule has 0 radical (unpaired) electrons. The fourth-order valence-electron chi connectivity index (χ4n) is 0.725. The molecule has 0 saturated carbocycles. The van der Waals surface area contributed by atoms with Crippen molar-refractivity contribution in [1.29, 1.82) is 0 Å². The van der Waals surface area contributed by atoms with Gasteiger partial charge in [-0.25, -0.2) is 0 Å². The lowest BCUT2D eigenvalue weighted by Gasteiger charge is -1.90. The molecule has 0 aliphatic carbocycles. The number of benzene rings is 1. The SMILES string of the molecule is C=Cc1ccccc1.O=C([O-])/C=C\C(=O)[O-].[NH4+].[NH4+]. The summed E-state index contributed by atoms with van der Waals surface area (Å²) in [7, 11) is 0. The number of carboxylic acid groups (broad SMARTS) is 2. The van der Waals surface area contributed by atoms with E-state index in [2.05, 4.69) is 6.58 Å². The van der Waals surface area contributed by atoms with Gasteiger partial charge in [-0.15, -0.1) is 0 Å². The average Bonchev–Trinajstić information content (AvgIpc) is 2.28. The molecule has 8 N–H and O–H groups in total. The van der Waals surface area contributed by atoms with Crippen LogP contribution in [0.15, 0.2) is 49.1 Å². The Kier molecular flexibility index (Phi) is 14.7. The quantitative estimate of drug-likeness (QED) is 0.735. The third kappa shape index (κ3) is 13.6. The first-order valence-electron chi connectivity index (χ1n) is 4.33. The van der Waals surface area contributed by atoms with Gasteiger partial charge in [-0.3, -0.25) is 0 Å². The number of rotatable bonds is 3. The van der Waals surface area contributed by atoms with Gasteiger partial charge in [-0.05, 0) is 17.7 Å². The number of carbonyl (C=O) groups is 2. The van der Waals surface area contributed by atoms with Gasteiger partial charge in [-0.2, -0.15) is 0 Å². The lowest BCUT2D eigenvalue weighted by molar-refractivity contribution is -0.301. The second-order valence-electron chi connectivity index (χ2n) is 2.59. The van der Waals surface area contributed by atoms with Crippen LogP contribution in [0.5, 0.6) is 0 Å². The van der Waals surface area contributed by atoms with E-state index in [9.17, 15) is 19.8 Å². The smallest absolute Gasteiger partial charge is 0.0643 e. The molecular formula is C12H18N2O4. The highest BCUT2D eigenvalue weighted by atomic mass is 16.4. The molecule has 100 valence electrons. The lowest BCUT2D eigenvalue weighted by atomic mass is 10.2. The zero-order valence-electron chi connectivity index (χ0n) is 10.5. The Labute approximate surface area is 105 Å². The minimum Gasteiger partial charge on any atom is -0.545 e. The third-order valence-corrected chi connectivity index (χ3v) is 1.39. The zero-order valence-corrected chi connectivity index (χ0v) is 10.5. The van der Waals surface area contributed by atoms with Crippen LogP contribution in [0.3, 0.4) is 0 Å². The normalized spacial score (nSPS) is 8.00. The summed E-state index contributed by atoms with van der Waals surface area (Å²) in [6.07, 6.45) is 2.60. The fraction of sp³-hybridized carbons (Fsp3) is 0. The Morgan fingerprint density at radius 1 is 0.944 bits per heavy atom. The van der Waals surface area contributed by atoms with Crippen molar-refractivity contribution in [1.82, 2.24) is 12.3 Å². The molecule has 0 aliphatic rings. The van der Waals surface area contributed by atoms with E-state index >= 15 is 0 Å². The van der Waals surface area contributed by atoms with Crippen molar-refractivity contribution in [2.75, 3.05) is 0 Å². The van der Waals surface area contributed by atoms with Crippen LogP contribution in [0.25, 0.3) is 6.08 Å². The van der Waals surface area contributed by atoms with Crippen molar-refractivity contribution in [3.63, 3.8) is 0 Å². The molecule has 6 nitrogen and oxygen atoms in total. The van der Waals surface area contributed by atoms with E-state index < -0.39 is 11.9 Å². The first-order chi connectivity index (χ1) is 7.56. The summed E-state index contributed by atoms with van der Waals surface area (Å²) in [6, 6.07) is 10.0. The maximum atomic E-state index is 9.41. The van der Waals surface area contributed by atoms with E-state index in [1.807, 2.05) is 36.4 Å². The molecule has 0 aliphatic heterocycles. The van der Waals surface area contributed by atoms with Gasteiger partial charge in [0.05, 0.1) is 11.9 Å². The molecule has 18 heavy (non-hydrogen) atoms. The van der Waals surface area contributed by atoms with Crippen molar-refractivity contribution in [3.05, 3.63) is 54.6 Å². The van der Waals surface area contributed by atoms with Gasteiger partial charge in [0.25, 0.3) is 0 Å². The van der Waals surface area contributed by atoms with Gasteiger partial charge < -0.3 is 32.1 Å². The van der Waals surface area contributed by atoms with Gasteiger partial charge >= 0.3 is 0 Å². The number of hydrogen-bond donors (Lipinski definition) is 2. The number of carboxylic acids is 2. The van der Waals surface area contributed by atoms with Crippen molar-refractivity contribution in [2.24, 2.45) is 0 Å². The number of quaternary nitrogens is 2. The van der Waals surface area contributed by atoms with Crippen molar-refractivity contribution >= 4 is 18.0 Å². The van der Waals surface area contributed by atoms with E-state index in [4.69, 9.17) is 0 Å². The Morgan fingerprint density at radius 2 is 1.33 bits per heavy atom.